The minimum Gasteiger partial charge on any atom is -0.481 e. The molecule has 1 aliphatic heterocycles. The van der Waals surface area contributed by atoms with Crippen molar-refractivity contribution in [3.8, 4) is 11.8 Å². The zero-order chi connectivity index (χ0) is 21.0. The molecular weight excluding hydrogens is 366 g/mol. The highest BCUT2D eigenvalue weighted by Gasteiger charge is 2.27. The Morgan fingerprint density at radius 2 is 1.76 bits per heavy atom. The summed E-state index contributed by atoms with van der Waals surface area (Å²) < 4.78 is 5.76. The van der Waals surface area contributed by atoms with Gasteiger partial charge >= 0.3 is 0 Å². The minimum atomic E-state index is -0.580. The molecule has 1 atom stereocenters. The van der Waals surface area contributed by atoms with Gasteiger partial charge in [-0.25, -0.2) is 9.97 Å². The largest absolute Gasteiger partial charge is 0.481 e. The average molecular weight is 393 g/mol. The molecule has 1 saturated heterocycles. The number of carbonyl (C=O) groups is 1. The number of ether oxygens (including phenoxy) is 1. The second-order valence-corrected chi connectivity index (χ2v) is 7.59. The first-order valence-electron chi connectivity index (χ1n) is 9.93. The van der Waals surface area contributed by atoms with E-state index in [4.69, 9.17) is 15.0 Å². The predicted octanol–water partition coefficient (Wildman–Crippen LogP) is 2.90. The van der Waals surface area contributed by atoms with E-state index in [0.29, 0.717) is 24.4 Å². The van der Waals surface area contributed by atoms with Gasteiger partial charge in [0.2, 0.25) is 0 Å². The molecule has 1 aliphatic rings. The van der Waals surface area contributed by atoms with E-state index in [0.717, 1.165) is 30.4 Å². The Kier molecular flexibility index (Phi) is 6.32. The highest BCUT2D eigenvalue weighted by Crippen LogP contribution is 2.20. The van der Waals surface area contributed by atoms with Crippen molar-refractivity contribution >= 4 is 11.7 Å². The van der Waals surface area contributed by atoms with Gasteiger partial charge in [0.1, 0.15) is 17.4 Å². The number of amides is 1. The number of piperazine rings is 1. The highest BCUT2D eigenvalue weighted by molar-refractivity contribution is 5.81. The number of hydrogen-bond acceptors (Lipinski definition) is 6. The first kappa shape index (κ1) is 20.6. The number of nitriles is 1. The lowest BCUT2D eigenvalue weighted by molar-refractivity contribution is -0.138. The summed E-state index contributed by atoms with van der Waals surface area (Å²) in [6.45, 7) is 10.6. The summed E-state index contributed by atoms with van der Waals surface area (Å²) in [5, 5.41) is 8.87. The van der Waals surface area contributed by atoms with Gasteiger partial charge in [-0.3, -0.25) is 4.79 Å². The van der Waals surface area contributed by atoms with Crippen molar-refractivity contribution in [2.75, 3.05) is 31.1 Å². The molecule has 0 aliphatic carbocycles. The molecule has 1 aromatic carbocycles. The molecule has 0 N–H and O–H groups in total. The summed E-state index contributed by atoms with van der Waals surface area (Å²) in [5.74, 6) is 2.60. The van der Waals surface area contributed by atoms with Crippen LogP contribution in [0.25, 0.3) is 0 Å². The molecule has 1 aromatic heterocycles. The standard InChI is InChI=1S/C22H27N5O2/c1-15(2)21-24-16(3)13-20(25-21)26-9-11-27(12-10-26)22(28)17(4)29-19-7-5-18(14-23)6-8-19/h5-8,13,15,17H,9-12H2,1-4H3. The van der Waals surface area contributed by atoms with Gasteiger partial charge in [0.15, 0.2) is 6.10 Å². The monoisotopic (exact) mass is 393 g/mol. The minimum absolute atomic E-state index is 0.0317. The molecule has 2 aromatic rings. The van der Waals surface area contributed by atoms with E-state index in [1.807, 2.05) is 17.9 Å². The maximum Gasteiger partial charge on any atom is 0.263 e. The van der Waals surface area contributed by atoms with Gasteiger partial charge in [0, 0.05) is 43.9 Å². The van der Waals surface area contributed by atoms with Crippen molar-refractivity contribution in [2.24, 2.45) is 0 Å². The third kappa shape index (κ3) is 5.02. The zero-order valence-electron chi connectivity index (χ0n) is 17.4. The molecule has 1 unspecified atom stereocenters. The Balaban J connectivity index is 1.58. The van der Waals surface area contributed by atoms with Crippen LogP contribution in [-0.4, -0.2) is 53.1 Å². The van der Waals surface area contributed by atoms with Gasteiger partial charge in [-0.2, -0.15) is 5.26 Å². The van der Waals surface area contributed by atoms with Crippen LogP contribution in [0.1, 0.15) is 43.8 Å². The molecule has 0 spiro atoms. The molecule has 0 radical (unpaired) electrons. The lowest BCUT2D eigenvalue weighted by atomic mass is 10.2. The van der Waals surface area contributed by atoms with Crippen molar-refractivity contribution in [3.63, 3.8) is 0 Å². The average Bonchev–Trinajstić information content (AvgIpc) is 2.73. The summed E-state index contributed by atoms with van der Waals surface area (Å²) in [5.41, 5.74) is 1.52. The Morgan fingerprint density at radius 3 is 2.34 bits per heavy atom. The van der Waals surface area contributed by atoms with Gasteiger partial charge in [-0.05, 0) is 38.1 Å². The molecule has 1 fully saturated rings. The van der Waals surface area contributed by atoms with E-state index in [1.54, 1.807) is 31.2 Å². The van der Waals surface area contributed by atoms with E-state index >= 15 is 0 Å². The number of nitrogens with zero attached hydrogens (tertiary/aromatic N) is 5. The number of aromatic nitrogens is 2. The quantitative estimate of drug-likeness (QED) is 0.777. The zero-order valence-corrected chi connectivity index (χ0v) is 17.4. The van der Waals surface area contributed by atoms with Gasteiger partial charge in [0.25, 0.3) is 5.91 Å². The maximum absolute atomic E-state index is 12.8. The Morgan fingerprint density at radius 1 is 1.10 bits per heavy atom. The van der Waals surface area contributed by atoms with Gasteiger partial charge in [0.05, 0.1) is 11.6 Å². The van der Waals surface area contributed by atoms with Crippen LogP contribution in [0.5, 0.6) is 5.75 Å². The lowest BCUT2D eigenvalue weighted by Crippen LogP contribution is -2.52. The van der Waals surface area contributed by atoms with Crippen molar-refractivity contribution < 1.29 is 9.53 Å². The summed E-state index contributed by atoms with van der Waals surface area (Å²) in [4.78, 5) is 26.0. The molecule has 0 saturated carbocycles. The predicted molar refractivity (Wildman–Crippen MR) is 111 cm³/mol. The molecule has 7 heteroatoms. The third-order valence-electron chi connectivity index (χ3n) is 4.93. The Bertz CT molecular complexity index is 896. The Labute approximate surface area is 171 Å². The van der Waals surface area contributed by atoms with Crippen LogP contribution < -0.4 is 9.64 Å². The van der Waals surface area contributed by atoms with E-state index in [-0.39, 0.29) is 11.8 Å². The number of anilines is 1. The van der Waals surface area contributed by atoms with Gasteiger partial charge in [-0.1, -0.05) is 13.8 Å². The second kappa shape index (κ2) is 8.91. The first-order chi connectivity index (χ1) is 13.9. The van der Waals surface area contributed by atoms with E-state index in [1.165, 1.54) is 0 Å². The van der Waals surface area contributed by atoms with Crippen LogP contribution >= 0.6 is 0 Å². The number of rotatable bonds is 5. The molecule has 0 bridgehead atoms. The van der Waals surface area contributed by atoms with Crippen LogP contribution in [-0.2, 0) is 4.79 Å². The summed E-state index contributed by atoms with van der Waals surface area (Å²) >= 11 is 0. The fourth-order valence-electron chi connectivity index (χ4n) is 3.27. The molecule has 152 valence electrons. The van der Waals surface area contributed by atoms with Crippen molar-refractivity contribution in [1.29, 1.82) is 5.26 Å². The molecular formula is C22H27N5O2. The fourth-order valence-corrected chi connectivity index (χ4v) is 3.27. The second-order valence-electron chi connectivity index (χ2n) is 7.59. The van der Waals surface area contributed by atoms with Gasteiger partial charge in [-0.15, -0.1) is 0 Å². The smallest absolute Gasteiger partial charge is 0.263 e. The number of carbonyl (C=O) groups excluding carboxylic acids is 1. The van der Waals surface area contributed by atoms with Crippen LogP contribution in [0.4, 0.5) is 5.82 Å². The van der Waals surface area contributed by atoms with Crippen molar-refractivity contribution in [3.05, 3.63) is 47.4 Å². The summed E-state index contributed by atoms with van der Waals surface area (Å²) in [6, 6.07) is 10.9. The van der Waals surface area contributed by atoms with E-state index in [9.17, 15) is 4.79 Å². The van der Waals surface area contributed by atoms with E-state index < -0.39 is 6.10 Å². The normalized spacial score (nSPS) is 15.2. The Hall–Kier alpha value is -3.14. The molecule has 29 heavy (non-hydrogen) atoms. The summed E-state index contributed by atoms with van der Waals surface area (Å²) in [6.07, 6.45) is -0.580. The van der Waals surface area contributed by atoms with Crippen LogP contribution in [0, 0.1) is 18.3 Å². The molecule has 2 heterocycles. The molecule has 3 rings (SSSR count). The molecule has 7 nitrogen and oxygen atoms in total. The van der Waals surface area contributed by atoms with Crippen LogP contribution in [0.2, 0.25) is 0 Å². The third-order valence-corrected chi connectivity index (χ3v) is 4.93. The van der Waals surface area contributed by atoms with Crippen LogP contribution in [0.3, 0.4) is 0 Å². The summed E-state index contributed by atoms with van der Waals surface area (Å²) in [7, 11) is 0. The SMILES string of the molecule is Cc1cc(N2CCN(C(=O)C(C)Oc3ccc(C#N)cc3)CC2)nc(C(C)C)n1. The van der Waals surface area contributed by atoms with Crippen molar-refractivity contribution in [1.82, 2.24) is 14.9 Å². The van der Waals surface area contributed by atoms with Crippen molar-refractivity contribution in [2.45, 2.75) is 39.7 Å². The van der Waals surface area contributed by atoms with E-state index in [2.05, 4.69) is 29.8 Å². The highest BCUT2D eigenvalue weighted by atomic mass is 16.5. The number of benzene rings is 1. The molecule has 1 amide bonds. The van der Waals surface area contributed by atoms with Crippen LogP contribution in [0.15, 0.2) is 30.3 Å². The number of hydrogen-bond donors (Lipinski definition) is 0. The van der Waals surface area contributed by atoms with Gasteiger partial charge < -0.3 is 14.5 Å². The number of aryl methyl sites for hydroxylation is 1. The fraction of sp³-hybridized carbons (Fsp3) is 0.455. The lowest BCUT2D eigenvalue weighted by Gasteiger charge is -2.36. The maximum atomic E-state index is 12.8. The first-order valence-corrected chi connectivity index (χ1v) is 9.93. The topological polar surface area (TPSA) is 82.4 Å².